The maximum Gasteiger partial charge on any atom is 0.113 e. The van der Waals surface area contributed by atoms with Gasteiger partial charge >= 0.3 is 0 Å². The number of benzene rings is 1. The van der Waals surface area contributed by atoms with Crippen molar-refractivity contribution in [3.05, 3.63) is 54.2 Å². The van der Waals surface area contributed by atoms with Crippen LogP contribution >= 0.6 is 11.8 Å². The summed E-state index contributed by atoms with van der Waals surface area (Å²) in [5, 5.41) is 2.17. The summed E-state index contributed by atoms with van der Waals surface area (Å²) in [6.45, 7) is 1.99. The SMILES string of the molecule is Cc1cc2c(SCc3ccco3)ccc(N)c2cn1. The zero-order chi connectivity index (χ0) is 13.2. The predicted molar refractivity (Wildman–Crippen MR) is 79.2 cm³/mol. The van der Waals surface area contributed by atoms with Crippen molar-refractivity contribution < 1.29 is 4.42 Å². The average Bonchev–Trinajstić information content (AvgIpc) is 2.91. The number of aromatic nitrogens is 1. The second-order valence-corrected chi connectivity index (χ2v) is 5.41. The van der Waals surface area contributed by atoms with E-state index in [2.05, 4.69) is 17.1 Å². The Labute approximate surface area is 115 Å². The van der Waals surface area contributed by atoms with Gasteiger partial charge in [0.2, 0.25) is 0 Å². The first kappa shape index (κ1) is 12.1. The van der Waals surface area contributed by atoms with Crippen LogP contribution in [0.2, 0.25) is 0 Å². The summed E-state index contributed by atoms with van der Waals surface area (Å²) in [5.41, 5.74) is 7.76. The van der Waals surface area contributed by atoms with E-state index in [0.717, 1.165) is 33.7 Å². The molecule has 2 heterocycles. The van der Waals surface area contributed by atoms with Crippen molar-refractivity contribution in [2.45, 2.75) is 17.6 Å². The molecule has 1 aromatic carbocycles. The second kappa shape index (κ2) is 4.97. The highest BCUT2D eigenvalue weighted by atomic mass is 32.2. The molecule has 0 saturated carbocycles. The molecular formula is C15H14N2OS. The highest BCUT2D eigenvalue weighted by Crippen LogP contribution is 2.33. The van der Waals surface area contributed by atoms with E-state index in [4.69, 9.17) is 10.2 Å². The van der Waals surface area contributed by atoms with Crippen LogP contribution in [-0.4, -0.2) is 4.98 Å². The predicted octanol–water partition coefficient (Wildman–Crippen LogP) is 4.01. The van der Waals surface area contributed by atoms with Gasteiger partial charge in [0.25, 0.3) is 0 Å². The molecule has 96 valence electrons. The van der Waals surface area contributed by atoms with Gasteiger partial charge < -0.3 is 10.2 Å². The summed E-state index contributed by atoms with van der Waals surface area (Å²) in [7, 11) is 0. The van der Waals surface area contributed by atoms with E-state index in [0.29, 0.717) is 0 Å². The van der Waals surface area contributed by atoms with E-state index in [1.807, 2.05) is 31.3 Å². The molecule has 4 heteroatoms. The lowest BCUT2D eigenvalue weighted by Gasteiger charge is -2.08. The molecule has 0 bridgehead atoms. The van der Waals surface area contributed by atoms with Gasteiger partial charge in [0.15, 0.2) is 0 Å². The Balaban J connectivity index is 1.98. The molecule has 3 aromatic rings. The van der Waals surface area contributed by atoms with Gasteiger partial charge in [-0.2, -0.15) is 0 Å². The number of nitrogen functional groups attached to an aromatic ring is 1. The van der Waals surface area contributed by atoms with E-state index in [1.165, 1.54) is 4.90 Å². The van der Waals surface area contributed by atoms with Gasteiger partial charge in [0, 0.05) is 33.2 Å². The molecule has 2 N–H and O–H groups in total. The lowest BCUT2D eigenvalue weighted by molar-refractivity contribution is 0.530. The molecule has 0 atom stereocenters. The molecule has 3 nitrogen and oxygen atoms in total. The maximum absolute atomic E-state index is 6.00. The summed E-state index contributed by atoms with van der Waals surface area (Å²) in [6.07, 6.45) is 3.54. The topological polar surface area (TPSA) is 52.0 Å². The van der Waals surface area contributed by atoms with Crippen molar-refractivity contribution in [1.82, 2.24) is 4.98 Å². The van der Waals surface area contributed by atoms with Gasteiger partial charge in [-0.25, -0.2) is 0 Å². The smallest absolute Gasteiger partial charge is 0.113 e. The molecule has 3 rings (SSSR count). The second-order valence-electron chi connectivity index (χ2n) is 4.39. The van der Waals surface area contributed by atoms with Gasteiger partial charge in [-0.1, -0.05) is 0 Å². The Kier molecular flexibility index (Phi) is 3.17. The number of rotatable bonds is 3. The zero-order valence-electron chi connectivity index (χ0n) is 10.6. The average molecular weight is 270 g/mol. The summed E-state index contributed by atoms with van der Waals surface area (Å²) < 4.78 is 5.36. The third-order valence-electron chi connectivity index (χ3n) is 2.98. The summed E-state index contributed by atoms with van der Waals surface area (Å²) in [4.78, 5) is 5.51. The van der Waals surface area contributed by atoms with Crippen LogP contribution in [-0.2, 0) is 5.75 Å². The van der Waals surface area contributed by atoms with E-state index < -0.39 is 0 Å². The van der Waals surface area contributed by atoms with Crippen LogP contribution in [0, 0.1) is 6.92 Å². The van der Waals surface area contributed by atoms with Gasteiger partial charge in [0.1, 0.15) is 5.76 Å². The number of furan rings is 1. The molecule has 2 aromatic heterocycles. The van der Waals surface area contributed by atoms with Gasteiger partial charge in [-0.15, -0.1) is 11.8 Å². The molecule has 0 radical (unpaired) electrons. The molecule has 0 aliphatic carbocycles. The number of fused-ring (bicyclic) bond motifs is 1. The first-order valence-electron chi connectivity index (χ1n) is 6.04. The van der Waals surface area contributed by atoms with Crippen LogP contribution in [0.4, 0.5) is 5.69 Å². The molecule has 0 spiro atoms. The van der Waals surface area contributed by atoms with Gasteiger partial charge in [-0.05, 0) is 37.3 Å². The van der Waals surface area contributed by atoms with Crippen LogP contribution in [0.15, 0.2) is 52.1 Å². The van der Waals surface area contributed by atoms with Crippen LogP contribution in [0.3, 0.4) is 0 Å². The van der Waals surface area contributed by atoms with Crippen LogP contribution < -0.4 is 5.73 Å². The first-order valence-corrected chi connectivity index (χ1v) is 7.02. The highest BCUT2D eigenvalue weighted by Gasteiger charge is 2.07. The fourth-order valence-electron chi connectivity index (χ4n) is 2.01. The lowest BCUT2D eigenvalue weighted by atomic mass is 10.1. The van der Waals surface area contributed by atoms with Crippen molar-refractivity contribution in [1.29, 1.82) is 0 Å². The number of nitrogens with zero attached hydrogens (tertiary/aromatic N) is 1. The zero-order valence-corrected chi connectivity index (χ0v) is 11.4. The third kappa shape index (κ3) is 2.44. The summed E-state index contributed by atoms with van der Waals surface area (Å²) >= 11 is 1.75. The van der Waals surface area contributed by atoms with Crippen molar-refractivity contribution in [3.63, 3.8) is 0 Å². The maximum atomic E-state index is 6.00. The van der Waals surface area contributed by atoms with Gasteiger partial charge in [0.05, 0.1) is 12.0 Å². The number of hydrogen-bond acceptors (Lipinski definition) is 4. The Morgan fingerprint density at radius 1 is 1.26 bits per heavy atom. The van der Waals surface area contributed by atoms with Crippen LogP contribution in [0.25, 0.3) is 10.8 Å². The molecule has 0 aliphatic rings. The number of pyridine rings is 1. The minimum absolute atomic E-state index is 0.768. The first-order chi connectivity index (χ1) is 9.24. The Hall–Kier alpha value is -1.94. The van der Waals surface area contributed by atoms with Crippen molar-refractivity contribution in [2.24, 2.45) is 0 Å². The minimum atomic E-state index is 0.768. The summed E-state index contributed by atoms with van der Waals surface area (Å²) in [6, 6.07) is 9.97. The molecule has 0 aliphatic heterocycles. The standard InChI is InChI=1S/C15H14N2OS/c1-10-7-12-13(8-17-10)14(16)4-5-15(12)19-9-11-3-2-6-18-11/h2-8H,9,16H2,1H3. The molecule has 0 unspecified atom stereocenters. The highest BCUT2D eigenvalue weighted by molar-refractivity contribution is 7.98. The molecule has 19 heavy (non-hydrogen) atoms. The quantitative estimate of drug-likeness (QED) is 0.577. The normalized spacial score (nSPS) is 11.0. The van der Waals surface area contributed by atoms with Crippen molar-refractivity contribution in [2.75, 3.05) is 5.73 Å². The number of hydrogen-bond donors (Lipinski definition) is 1. The Morgan fingerprint density at radius 2 is 2.16 bits per heavy atom. The number of aryl methyl sites for hydroxylation is 1. The number of anilines is 1. The van der Waals surface area contributed by atoms with Crippen LogP contribution in [0.1, 0.15) is 11.5 Å². The molecule has 0 saturated heterocycles. The third-order valence-corrected chi connectivity index (χ3v) is 4.08. The summed E-state index contributed by atoms with van der Waals surface area (Å²) in [5.74, 6) is 1.79. The van der Waals surface area contributed by atoms with E-state index in [9.17, 15) is 0 Å². The Bertz CT molecular complexity index is 707. The van der Waals surface area contributed by atoms with Gasteiger partial charge in [-0.3, -0.25) is 4.98 Å². The number of nitrogens with two attached hydrogens (primary N) is 1. The molecule has 0 fully saturated rings. The monoisotopic (exact) mass is 270 g/mol. The molecular weight excluding hydrogens is 256 g/mol. The van der Waals surface area contributed by atoms with E-state index >= 15 is 0 Å². The van der Waals surface area contributed by atoms with Crippen LogP contribution in [0.5, 0.6) is 0 Å². The fraction of sp³-hybridized carbons (Fsp3) is 0.133. The molecule has 0 amide bonds. The minimum Gasteiger partial charge on any atom is -0.468 e. The largest absolute Gasteiger partial charge is 0.468 e. The van der Waals surface area contributed by atoms with E-state index in [1.54, 1.807) is 18.0 Å². The van der Waals surface area contributed by atoms with Crippen molar-refractivity contribution >= 4 is 28.2 Å². The Morgan fingerprint density at radius 3 is 2.95 bits per heavy atom. The lowest BCUT2D eigenvalue weighted by Crippen LogP contribution is -1.91. The van der Waals surface area contributed by atoms with Crippen molar-refractivity contribution in [3.8, 4) is 0 Å². The fourth-order valence-corrected chi connectivity index (χ4v) is 2.96. The van der Waals surface area contributed by atoms with E-state index in [-0.39, 0.29) is 0 Å². The number of thioether (sulfide) groups is 1.